The zero-order valence-electron chi connectivity index (χ0n) is 12.4. The number of carbonyl (C=O) groups is 3. The Morgan fingerprint density at radius 2 is 2.14 bits per heavy atom. The Morgan fingerprint density at radius 1 is 1.48 bits per heavy atom. The fourth-order valence-electron chi connectivity index (χ4n) is 2.29. The van der Waals surface area contributed by atoms with Crippen molar-refractivity contribution in [3.8, 4) is 0 Å². The molecule has 8 heteroatoms. The first-order valence-corrected chi connectivity index (χ1v) is 8.36. The lowest BCUT2D eigenvalue weighted by Gasteiger charge is -2.26. The molecular weight excluding hydrogens is 294 g/mol. The largest absolute Gasteiger partial charge is 0.480 e. The Kier molecular flexibility index (Phi) is 6.97. The van der Waals surface area contributed by atoms with Crippen LogP contribution >= 0.6 is 11.8 Å². The molecule has 0 aromatic rings. The number of carboxylic acid groups (broad SMARTS) is 1. The molecular formula is C13H23N3O4S. The van der Waals surface area contributed by atoms with Crippen LogP contribution in [-0.4, -0.2) is 64.5 Å². The number of nitrogens with zero attached hydrogens (tertiary/aromatic N) is 1. The van der Waals surface area contributed by atoms with Gasteiger partial charge in [-0.15, -0.1) is 0 Å². The number of carbonyl (C=O) groups excluding carboxylic acids is 2. The Balaban J connectivity index is 2.54. The highest BCUT2D eigenvalue weighted by atomic mass is 32.2. The summed E-state index contributed by atoms with van der Waals surface area (Å²) < 4.78 is 0. The van der Waals surface area contributed by atoms with Gasteiger partial charge in [-0.3, -0.25) is 9.59 Å². The molecule has 120 valence electrons. The lowest BCUT2D eigenvalue weighted by atomic mass is 10.2. The molecule has 2 amide bonds. The summed E-state index contributed by atoms with van der Waals surface area (Å²) in [4.78, 5) is 36.5. The predicted molar refractivity (Wildman–Crippen MR) is 80.9 cm³/mol. The van der Waals surface area contributed by atoms with Crippen LogP contribution in [0.5, 0.6) is 0 Å². The molecule has 1 saturated heterocycles. The average Bonchev–Trinajstić information content (AvgIpc) is 2.93. The van der Waals surface area contributed by atoms with Gasteiger partial charge in [0.15, 0.2) is 0 Å². The summed E-state index contributed by atoms with van der Waals surface area (Å²) in [5.41, 5.74) is 5.74. The molecule has 0 aromatic carbocycles. The molecule has 0 saturated carbocycles. The second-order valence-electron chi connectivity index (χ2n) is 5.15. The quantitative estimate of drug-likeness (QED) is 0.591. The van der Waals surface area contributed by atoms with Crippen LogP contribution in [0.2, 0.25) is 0 Å². The molecule has 4 N–H and O–H groups in total. The van der Waals surface area contributed by atoms with Crippen molar-refractivity contribution in [1.82, 2.24) is 10.2 Å². The van der Waals surface area contributed by atoms with Gasteiger partial charge >= 0.3 is 5.97 Å². The van der Waals surface area contributed by atoms with Crippen LogP contribution in [0.4, 0.5) is 0 Å². The Bertz CT molecular complexity index is 405. The van der Waals surface area contributed by atoms with Crippen molar-refractivity contribution >= 4 is 29.5 Å². The zero-order valence-corrected chi connectivity index (χ0v) is 13.2. The van der Waals surface area contributed by atoms with Crippen LogP contribution in [0.3, 0.4) is 0 Å². The summed E-state index contributed by atoms with van der Waals surface area (Å²) in [5.74, 6) is -0.984. The Labute approximate surface area is 128 Å². The topological polar surface area (TPSA) is 113 Å². The molecule has 3 atom stereocenters. The van der Waals surface area contributed by atoms with E-state index in [1.807, 2.05) is 6.26 Å². The van der Waals surface area contributed by atoms with Gasteiger partial charge in [0.1, 0.15) is 12.1 Å². The Hall–Kier alpha value is -1.28. The number of likely N-dealkylation sites (tertiary alicyclic amines) is 1. The number of amides is 2. The first-order valence-electron chi connectivity index (χ1n) is 6.96. The third kappa shape index (κ3) is 4.89. The number of thioether (sulfide) groups is 1. The Morgan fingerprint density at radius 3 is 2.71 bits per heavy atom. The van der Waals surface area contributed by atoms with E-state index in [-0.39, 0.29) is 11.8 Å². The van der Waals surface area contributed by atoms with Crippen LogP contribution in [0, 0.1) is 0 Å². The molecule has 0 radical (unpaired) electrons. The molecule has 0 aliphatic carbocycles. The minimum absolute atomic E-state index is 0.370. The van der Waals surface area contributed by atoms with Crippen molar-refractivity contribution in [3.63, 3.8) is 0 Å². The van der Waals surface area contributed by atoms with Crippen LogP contribution < -0.4 is 11.1 Å². The summed E-state index contributed by atoms with van der Waals surface area (Å²) in [6.45, 7) is 1.97. The summed E-state index contributed by atoms with van der Waals surface area (Å²) >= 11 is 1.60. The van der Waals surface area contributed by atoms with E-state index < -0.39 is 24.1 Å². The van der Waals surface area contributed by atoms with Gasteiger partial charge in [0.25, 0.3) is 0 Å². The fraction of sp³-hybridized carbons (Fsp3) is 0.769. The third-order valence-corrected chi connectivity index (χ3v) is 4.16. The molecule has 0 bridgehead atoms. The third-order valence-electron chi connectivity index (χ3n) is 3.52. The van der Waals surface area contributed by atoms with Gasteiger partial charge in [0, 0.05) is 6.54 Å². The highest BCUT2D eigenvalue weighted by molar-refractivity contribution is 7.98. The lowest BCUT2D eigenvalue weighted by Crippen LogP contribution is -2.53. The molecule has 0 aromatic heterocycles. The normalized spacial score (nSPS) is 20.9. The van der Waals surface area contributed by atoms with E-state index in [0.29, 0.717) is 25.8 Å². The van der Waals surface area contributed by atoms with Crippen molar-refractivity contribution < 1.29 is 19.5 Å². The van der Waals surface area contributed by atoms with Gasteiger partial charge in [-0.2, -0.15) is 11.8 Å². The van der Waals surface area contributed by atoms with Crippen LogP contribution in [-0.2, 0) is 14.4 Å². The van der Waals surface area contributed by atoms with Crippen LogP contribution in [0.15, 0.2) is 0 Å². The SMILES string of the molecule is CSCC[C@H](N)C(=O)N[C@@H](C)C(=O)N1CCC[C@@H]1C(=O)O. The van der Waals surface area contributed by atoms with E-state index in [2.05, 4.69) is 5.32 Å². The average molecular weight is 317 g/mol. The van der Waals surface area contributed by atoms with Crippen LogP contribution in [0.1, 0.15) is 26.2 Å². The molecule has 0 unspecified atom stereocenters. The fourth-order valence-corrected chi connectivity index (χ4v) is 2.78. The number of rotatable bonds is 7. The zero-order chi connectivity index (χ0) is 16.0. The predicted octanol–water partition coefficient (Wildman–Crippen LogP) is -0.353. The van der Waals surface area contributed by atoms with E-state index >= 15 is 0 Å². The highest BCUT2D eigenvalue weighted by Gasteiger charge is 2.36. The summed E-state index contributed by atoms with van der Waals surface area (Å²) in [6, 6.07) is -2.21. The van der Waals surface area contributed by atoms with E-state index in [4.69, 9.17) is 10.8 Å². The molecule has 1 aliphatic rings. The molecule has 1 rings (SSSR count). The summed E-state index contributed by atoms with van der Waals surface area (Å²) in [5, 5.41) is 11.6. The van der Waals surface area contributed by atoms with Crippen molar-refractivity contribution in [1.29, 1.82) is 0 Å². The second-order valence-corrected chi connectivity index (χ2v) is 6.13. The molecule has 7 nitrogen and oxygen atoms in total. The first-order chi connectivity index (χ1) is 9.88. The van der Waals surface area contributed by atoms with Gasteiger partial charge in [0.2, 0.25) is 11.8 Å². The van der Waals surface area contributed by atoms with Crippen molar-refractivity contribution in [2.45, 2.75) is 44.3 Å². The van der Waals surface area contributed by atoms with Gasteiger partial charge in [-0.25, -0.2) is 4.79 Å². The van der Waals surface area contributed by atoms with Crippen molar-refractivity contribution in [2.75, 3.05) is 18.6 Å². The smallest absolute Gasteiger partial charge is 0.326 e. The first kappa shape index (κ1) is 17.8. The van der Waals surface area contributed by atoms with Gasteiger partial charge in [0.05, 0.1) is 6.04 Å². The van der Waals surface area contributed by atoms with Crippen molar-refractivity contribution in [3.05, 3.63) is 0 Å². The van der Waals surface area contributed by atoms with Gasteiger partial charge in [-0.1, -0.05) is 0 Å². The molecule has 1 fully saturated rings. The number of nitrogens with two attached hydrogens (primary N) is 1. The molecule has 0 spiro atoms. The number of aliphatic carboxylic acids is 1. The maximum atomic E-state index is 12.2. The molecule has 1 heterocycles. The van der Waals surface area contributed by atoms with Gasteiger partial charge in [-0.05, 0) is 38.2 Å². The highest BCUT2D eigenvalue weighted by Crippen LogP contribution is 2.18. The molecule has 21 heavy (non-hydrogen) atoms. The van der Waals surface area contributed by atoms with E-state index in [1.54, 1.807) is 18.7 Å². The van der Waals surface area contributed by atoms with E-state index in [9.17, 15) is 14.4 Å². The van der Waals surface area contributed by atoms with E-state index in [0.717, 1.165) is 5.75 Å². The summed E-state index contributed by atoms with van der Waals surface area (Å²) in [6.07, 6.45) is 3.58. The number of hydrogen-bond donors (Lipinski definition) is 3. The number of hydrogen-bond acceptors (Lipinski definition) is 5. The lowest BCUT2D eigenvalue weighted by molar-refractivity contribution is -0.149. The number of nitrogens with one attached hydrogen (secondary N) is 1. The minimum Gasteiger partial charge on any atom is -0.480 e. The summed E-state index contributed by atoms with van der Waals surface area (Å²) in [7, 11) is 0. The monoisotopic (exact) mass is 317 g/mol. The standard InChI is InChI=1S/C13H23N3O4S/c1-8(15-11(17)9(14)5-7-21-2)12(18)16-6-3-4-10(16)13(19)20/h8-10H,3-7,14H2,1-2H3,(H,15,17)(H,19,20)/t8-,9-,10+/m0/s1. The number of carboxylic acids is 1. The minimum atomic E-state index is -1.00. The van der Waals surface area contributed by atoms with Crippen LogP contribution in [0.25, 0.3) is 0 Å². The maximum Gasteiger partial charge on any atom is 0.326 e. The van der Waals surface area contributed by atoms with E-state index in [1.165, 1.54) is 4.90 Å². The second kappa shape index (κ2) is 8.23. The van der Waals surface area contributed by atoms with Crippen molar-refractivity contribution in [2.24, 2.45) is 5.73 Å². The molecule has 1 aliphatic heterocycles. The maximum absolute atomic E-state index is 12.2. The van der Waals surface area contributed by atoms with Gasteiger partial charge < -0.3 is 21.1 Å².